The van der Waals surface area contributed by atoms with Crippen LogP contribution in [0.2, 0.25) is 5.02 Å². The van der Waals surface area contributed by atoms with Crippen LogP contribution in [0.25, 0.3) is 0 Å². The molecule has 2 aliphatic heterocycles. The highest BCUT2D eigenvalue weighted by Crippen LogP contribution is 2.60. The highest BCUT2D eigenvalue weighted by atomic mass is 127. The average molecular weight is 676 g/mol. The summed E-state index contributed by atoms with van der Waals surface area (Å²) in [6.07, 6.45) is 7.87. The van der Waals surface area contributed by atoms with Gasteiger partial charge >= 0.3 is 0 Å². The van der Waals surface area contributed by atoms with Crippen LogP contribution in [0.4, 0.5) is 0 Å². The van der Waals surface area contributed by atoms with Crippen LogP contribution in [0.5, 0.6) is 0 Å². The number of amides is 1. The second-order valence-electron chi connectivity index (χ2n) is 12.4. The van der Waals surface area contributed by atoms with E-state index in [4.69, 9.17) is 22.3 Å². The Morgan fingerprint density at radius 3 is 2.70 bits per heavy atom. The second-order valence-corrected chi connectivity index (χ2v) is 15.1. The van der Waals surface area contributed by atoms with Crippen LogP contribution >= 0.6 is 32.3 Å². The standard InChI is InChI=1S/C30H39ClIN7O/c31-25-4-2-1-3-20(25)16-36-29-32-14-23(15-33)28(38-29)37-18-30-11-19-9-21(12-30)27(22(10-19)13-30)35-17-26(40)39-7-5-24(34)6-8-39/h1-4,14,19,21-22,24,27,35H,5-13,16-18,34H2,(H2,36,37,38)/t19?,21-,22+,27?,30?. The number of rotatable bonds is 8. The number of hydrogen-bond acceptors (Lipinski definition) is 6. The number of nitrogens with one attached hydrogen (secondary N) is 3. The van der Waals surface area contributed by atoms with Crippen molar-refractivity contribution in [3.63, 3.8) is 0 Å². The van der Waals surface area contributed by atoms with E-state index >= 15 is 0 Å². The van der Waals surface area contributed by atoms with Gasteiger partial charge in [-0.15, -0.1) is 0 Å². The molecule has 0 aromatic heterocycles. The van der Waals surface area contributed by atoms with Crippen LogP contribution in [-0.4, -0.2) is 58.7 Å². The lowest BCUT2D eigenvalue weighted by molar-refractivity contribution is -0.132. The smallest absolute Gasteiger partial charge is 0.236 e. The zero-order chi connectivity index (χ0) is 27.7. The van der Waals surface area contributed by atoms with Crippen molar-refractivity contribution in [2.24, 2.45) is 33.9 Å². The van der Waals surface area contributed by atoms with Gasteiger partial charge in [0, 0.05) is 43.3 Å². The number of nitrogens with zero attached hydrogens (tertiary/aromatic N) is 3. The number of likely N-dealkylation sites (tertiary alicyclic amines) is 1. The molecule has 0 spiro atoms. The van der Waals surface area contributed by atoms with Gasteiger partial charge in [0.1, 0.15) is 21.2 Å². The molecule has 214 valence electrons. The molecule has 4 aliphatic carbocycles. The molecule has 7 rings (SSSR count). The summed E-state index contributed by atoms with van der Waals surface area (Å²) in [4.78, 5) is 19.9. The van der Waals surface area contributed by atoms with Gasteiger partial charge in [-0.3, -0.25) is 15.1 Å². The van der Waals surface area contributed by atoms with Crippen molar-refractivity contribution in [3.8, 4) is 6.07 Å². The average Bonchev–Trinajstić information content (AvgIpc) is 2.95. The normalized spacial score (nSPS) is 32.6. The Hall–Kier alpha value is -1.84. The van der Waals surface area contributed by atoms with Crippen LogP contribution in [0, 0.1) is 34.5 Å². The fraction of sp³-hybridized carbons (Fsp3) is 0.600. The second kappa shape index (κ2) is 12.2. The van der Waals surface area contributed by atoms with E-state index in [2.05, 4.69) is 26.1 Å². The summed E-state index contributed by atoms with van der Waals surface area (Å²) in [6, 6.07) is 10.9. The summed E-state index contributed by atoms with van der Waals surface area (Å²) in [7, 11) is 0. The summed E-state index contributed by atoms with van der Waals surface area (Å²) in [5.41, 5.74) is 7.94. The third kappa shape index (κ3) is 6.16. The van der Waals surface area contributed by atoms with Crippen LogP contribution in [0.1, 0.15) is 50.5 Å². The van der Waals surface area contributed by atoms with Crippen molar-refractivity contribution < 1.29 is 4.79 Å². The van der Waals surface area contributed by atoms with Gasteiger partial charge in [-0.25, -0.2) is 0 Å². The highest BCUT2D eigenvalue weighted by molar-refractivity contribution is 14.2. The highest BCUT2D eigenvalue weighted by Gasteiger charge is 2.55. The molecule has 6 aliphatic rings. The minimum atomic E-state index is -0.457. The summed E-state index contributed by atoms with van der Waals surface area (Å²) < 4.78 is 3.11. The molecule has 5 fully saturated rings. The van der Waals surface area contributed by atoms with Gasteiger partial charge in [-0.05, 0) is 83.8 Å². The largest absolute Gasteiger partial charge is 0.341 e. The van der Waals surface area contributed by atoms with Crippen LogP contribution < -0.4 is 21.7 Å². The summed E-state index contributed by atoms with van der Waals surface area (Å²) in [5, 5.41) is 21.2. The van der Waals surface area contributed by atoms with Gasteiger partial charge in [0.15, 0.2) is 0 Å². The molecule has 10 heteroatoms. The van der Waals surface area contributed by atoms with Gasteiger partial charge < -0.3 is 21.3 Å². The summed E-state index contributed by atoms with van der Waals surface area (Å²) in [5.74, 6) is 2.88. The molecular weight excluding hydrogens is 637 g/mol. The SMILES string of the molecule is N#CC1=CI=C(NCc2ccccc2Cl)NC1=NCC12CC3C[C@H](C1)C(NCC(=O)N1CCC(N)CC1)[C@@H](C3)C2. The first-order valence-corrected chi connectivity index (χ1v) is 17.3. The Labute approximate surface area is 251 Å². The first kappa shape index (κ1) is 28.3. The van der Waals surface area contributed by atoms with Crippen molar-refractivity contribution in [2.75, 3.05) is 26.2 Å². The monoisotopic (exact) mass is 675 g/mol. The molecule has 1 aromatic carbocycles. The van der Waals surface area contributed by atoms with Crippen LogP contribution in [0.15, 0.2) is 38.9 Å². The lowest BCUT2D eigenvalue weighted by Gasteiger charge is -2.60. The molecule has 8 nitrogen and oxygen atoms in total. The van der Waals surface area contributed by atoms with Gasteiger partial charge in [0.25, 0.3) is 0 Å². The number of halogens is 2. The maximum atomic E-state index is 12.9. The molecule has 1 saturated heterocycles. The molecule has 0 radical (unpaired) electrons. The van der Waals surface area contributed by atoms with E-state index in [0.29, 0.717) is 42.4 Å². The first-order chi connectivity index (χ1) is 19.4. The number of hydrogen-bond donors (Lipinski definition) is 4. The number of nitriles is 1. The Morgan fingerprint density at radius 2 is 1.98 bits per heavy atom. The van der Waals surface area contributed by atoms with E-state index in [1.165, 1.54) is 19.3 Å². The molecule has 1 amide bonds. The number of nitrogens with two attached hydrogens (primary N) is 1. The molecule has 2 heterocycles. The van der Waals surface area contributed by atoms with E-state index < -0.39 is 20.7 Å². The third-order valence-electron chi connectivity index (χ3n) is 9.62. The first-order valence-electron chi connectivity index (χ1n) is 14.6. The molecule has 4 saturated carbocycles. The maximum Gasteiger partial charge on any atom is 0.236 e. The third-order valence-corrected chi connectivity index (χ3v) is 12.2. The van der Waals surface area contributed by atoms with Crippen molar-refractivity contribution in [1.29, 1.82) is 5.26 Å². The topological polar surface area (TPSA) is 119 Å². The van der Waals surface area contributed by atoms with Gasteiger partial charge in [0.2, 0.25) is 5.91 Å². The predicted octanol–water partition coefficient (Wildman–Crippen LogP) is 3.63. The van der Waals surface area contributed by atoms with Crippen molar-refractivity contribution >= 4 is 47.8 Å². The number of benzene rings is 1. The molecule has 5 atom stereocenters. The van der Waals surface area contributed by atoms with Crippen molar-refractivity contribution in [2.45, 2.75) is 63.6 Å². The summed E-state index contributed by atoms with van der Waals surface area (Å²) >= 11 is 5.88. The molecule has 4 bridgehead atoms. The Balaban J connectivity index is 1.06. The zero-order valence-electron chi connectivity index (χ0n) is 22.8. The van der Waals surface area contributed by atoms with Gasteiger partial charge in [-0.2, -0.15) is 5.26 Å². The number of carbonyl (C=O) groups is 1. The predicted molar refractivity (Wildman–Crippen MR) is 168 cm³/mol. The number of carbonyl (C=O) groups excluding carboxylic acids is 1. The van der Waals surface area contributed by atoms with E-state index in [1.54, 1.807) is 0 Å². The fourth-order valence-corrected chi connectivity index (χ4v) is 9.97. The molecule has 40 heavy (non-hydrogen) atoms. The lowest BCUT2D eigenvalue weighted by Crippen LogP contribution is -2.60. The molecule has 5 N–H and O–H groups in total. The number of amidine groups is 1. The Kier molecular flexibility index (Phi) is 8.61. The minimum Gasteiger partial charge on any atom is -0.341 e. The maximum absolute atomic E-state index is 12.9. The minimum absolute atomic E-state index is 0.203. The Bertz CT molecular complexity index is 1250. The molecule has 3 unspecified atom stereocenters. The van der Waals surface area contributed by atoms with Gasteiger partial charge in [0.05, 0.1) is 6.54 Å². The molecular formula is C30H39ClIN7O. The Morgan fingerprint density at radius 1 is 1.23 bits per heavy atom. The van der Waals surface area contributed by atoms with E-state index in [1.807, 2.05) is 29.2 Å². The summed E-state index contributed by atoms with van der Waals surface area (Å²) in [6.45, 7) is 3.41. The van der Waals surface area contributed by atoms with Gasteiger partial charge in [-0.1, -0.05) is 50.5 Å². The number of piperidine rings is 1. The lowest BCUT2D eigenvalue weighted by atomic mass is 9.48. The van der Waals surface area contributed by atoms with Crippen molar-refractivity contribution in [3.05, 3.63) is 44.5 Å². The quantitative estimate of drug-likeness (QED) is 0.313. The van der Waals surface area contributed by atoms with E-state index in [0.717, 1.165) is 65.6 Å². The van der Waals surface area contributed by atoms with Crippen LogP contribution in [-0.2, 0) is 11.3 Å². The fourth-order valence-electron chi connectivity index (χ4n) is 7.89. The van der Waals surface area contributed by atoms with E-state index in [-0.39, 0.29) is 17.4 Å². The van der Waals surface area contributed by atoms with Crippen LogP contribution in [0.3, 0.4) is 0 Å². The number of aliphatic imine (C=N–C) groups is 1. The van der Waals surface area contributed by atoms with E-state index in [9.17, 15) is 10.1 Å². The zero-order valence-corrected chi connectivity index (χ0v) is 25.8. The molecule has 1 aromatic rings. The van der Waals surface area contributed by atoms with Crippen molar-refractivity contribution in [1.82, 2.24) is 20.9 Å².